The first-order chi connectivity index (χ1) is 9.06. The lowest BCUT2D eigenvalue weighted by Crippen LogP contribution is -2.27. The van der Waals surface area contributed by atoms with Gasteiger partial charge in [-0.3, -0.25) is 4.79 Å². The standard InChI is InChI=1S/C13H16BrN3OS/c14-11-7-9(3-4-10(11)13(15)19)16-6-5-12(18)17-8-1-2-8/h3-4,7-8,16H,1-2,5-6H2,(H2,15,19)(H,17,18). The molecular weight excluding hydrogens is 326 g/mol. The molecule has 0 unspecified atom stereocenters. The van der Waals surface area contributed by atoms with Crippen molar-refractivity contribution in [3.63, 3.8) is 0 Å². The van der Waals surface area contributed by atoms with Crippen LogP contribution in [0.3, 0.4) is 0 Å². The maximum Gasteiger partial charge on any atom is 0.221 e. The van der Waals surface area contributed by atoms with E-state index in [9.17, 15) is 4.79 Å². The Morgan fingerprint density at radius 2 is 2.21 bits per heavy atom. The second-order valence-electron chi connectivity index (χ2n) is 4.58. The Morgan fingerprint density at radius 1 is 1.47 bits per heavy atom. The van der Waals surface area contributed by atoms with E-state index in [-0.39, 0.29) is 5.91 Å². The highest BCUT2D eigenvalue weighted by Crippen LogP contribution is 2.21. The minimum absolute atomic E-state index is 0.105. The lowest BCUT2D eigenvalue weighted by Gasteiger charge is -2.09. The van der Waals surface area contributed by atoms with Crippen LogP contribution >= 0.6 is 28.1 Å². The van der Waals surface area contributed by atoms with E-state index in [4.69, 9.17) is 18.0 Å². The number of carbonyl (C=O) groups excluding carboxylic acids is 1. The van der Waals surface area contributed by atoms with Gasteiger partial charge in [0.25, 0.3) is 0 Å². The van der Waals surface area contributed by atoms with Crippen LogP contribution in [0.25, 0.3) is 0 Å². The number of amides is 1. The highest BCUT2D eigenvalue weighted by Gasteiger charge is 2.22. The van der Waals surface area contributed by atoms with Crippen LogP contribution in [0.1, 0.15) is 24.8 Å². The number of hydrogen-bond donors (Lipinski definition) is 3. The first-order valence-electron chi connectivity index (χ1n) is 6.19. The van der Waals surface area contributed by atoms with E-state index in [1.807, 2.05) is 18.2 Å². The Kier molecular flexibility index (Phi) is 4.76. The summed E-state index contributed by atoms with van der Waals surface area (Å²) in [4.78, 5) is 11.9. The lowest BCUT2D eigenvalue weighted by molar-refractivity contribution is -0.120. The first-order valence-corrected chi connectivity index (χ1v) is 7.39. The molecule has 1 fully saturated rings. The summed E-state index contributed by atoms with van der Waals surface area (Å²) in [7, 11) is 0. The minimum Gasteiger partial charge on any atom is -0.389 e. The Bertz CT molecular complexity index is 503. The molecule has 4 nitrogen and oxygen atoms in total. The second-order valence-corrected chi connectivity index (χ2v) is 5.87. The van der Waals surface area contributed by atoms with Gasteiger partial charge in [-0.2, -0.15) is 0 Å². The molecule has 1 aliphatic rings. The molecule has 102 valence electrons. The average Bonchev–Trinajstić information content (AvgIpc) is 3.12. The topological polar surface area (TPSA) is 67.1 Å². The summed E-state index contributed by atoms with van der Waals surface area (Å²) in [5.41, 5.74) is 7.33. The molecule has 0 aromatic heterocycles. The zero-order valence-electron chi connectivity index (χ0n) is 10.4. The van der Waals surface area contributed by atoms with Gasteiger partial charge in [0, 0.05) is 34.7 Å². The van der Waals surface area contributed by atoms with Gasteiger partial charge >= 0.3 is 0 Å². The monoisotopic (exact) mass is 341 g/mol. The third kappa shape index (κ3) is 4.47. The van der Waals surface area contributed by atoms with Crippen molar-refractivity contribution in [3.05, 3.63) is 28.2 Å². The van der Waals surface area contributed by atoms with E-state index in [0.29, 0.717) is 24.0 Å². The van der Waals surface area contributed by atoms with Gasteiger partial charge in [-0.25, -0.2) is 0 Å². The molecule has 0 bridgehead atoms. The highest BCUT2D eigenvalue weighted by atomic mass is 79.9. The predicted molar refractivity (Wildman–Crippen MR) is 84.3 cm³/mol. The normalized spacial score (nSPS) is 13.9. The van der Waals surface area contributed by atoms with Crippen molar-refractivity contribution in [2.24, 2.45) is 5.73 Å². The van der Waals surface area contributed by atoms with Gasteiger partial charge in [0.1, 0.15) is 4.99 Å². The fourth-order valence-corrected chi connectivity index (χ4v) is 2.57. The van der Waals surface area contributed by atoms with Crippen molar-refractivity contribution in [1.82, 2.24) is 5.32 Å². The first kappa shape index (κ1) is 14.3. The fourth-order valence-electron chi connectivity index (χ4n) is 1.67. The molecule has 19 heavy (non-hydrogen) atoms. The smallest absolute Gasteiger partial charge is 0.221 e. The number of benzene rings is 1. The van der Waals surface area contributed by atoms with Crippen LogP contribution in [0.2, 0.25) is 0 Å². The summed E-state index contributed by atoms with van der Waals surface area (Å²) >= 11 is 8.36. The quantitative estimate of drug-likeness (QED) is 0.693. The highest BCUT2D eigenvalue weighted by molar-refractivity contribution is 9.10. The molecule has 0 atom stereocenters. The number of nitrogens with one attached hydrogen (secondary N) is 2. The lowest BCUT2D eigenvalue weighted by atomic mass is 10.2. The summed E-state index contributed by atoms with van der Waals surface area (Å²) in [6.07, 6.45) is 2.71. The van der Waals surface area contributed by atoms with Crippen molar-refractivity contribution in [2.45, 2.75) is 25.3 Å². The van der Waals surface area contributed by atoms with Gasteiger partial charge < -0.3 is 16.4 Å². The Morgan fingerprint density at radius 3 is 2.79 bits per heavy atom. The molecule has 0 aliphatic heterocycles. The maximum atomic E-state index is 11.5. The van der Waals surface area contributed by atoms with E-state index in [0.717, 1.165) is 28.6 Å². The van der Waals surface area contributed by atoms with Gasteiger partial charge in [0.2, 0.25) is 5.91 Å². The zero-order valence-corrected chi connectivity index (χ0v) is 12.8. The van der Waals surface area contributed by atoms with Crippen LogP contribution < -0.4 is 16.4 Å². The van der Waals surface area contributed by atoms with Crippen molar-refractivity contribution >= 4 is 44.7 Å². The van der Waals surface area contributed by atoms with Crippen molar-refractivity contribution in [3.8, 4) is 0 Å². The van der Waals surface area contributed by atoms with Gasteiger partial charge in [-0.05, 0) is 47.0 Å². The van der Waals surface area contributed by atoms with E-state index >= 15 is 0 Å². The zero-order chi connectivity index (χ0) is 13.8. The van der Waals surface area contributed by atoms with Crippen molar-refractivity contribution < 1.29 is 4.79 Å². The molecule has 1 aromatic rings. The molecule has 0 heterocycles. The van der Waals surface area contributed by atoms with Gasteiger partial charge in [-0.1, -0.05) is 12.2 Å². The minimum atomic E-state index is 0.105. The third-order valence-corrected chi connectivity index (χ3v) is 3.73. The molecule has 2 rings (SSSR count). The summed E-state index contributed by atoms with van der Waals surface area (Å²) in [5, 5.41) is 6.15. The Hall–Kier alpha value is -1.14. The predicted octanol–water partition coefficient (Wildman–Crippen LogP) is 2.16. The van der Waals surface area contributed by atoms with Crippen LogP contribution in [0.5, 0.6) is 0 Å². The molecule has 1 aromatic carbocycles. The summed E-state index contributed by atoms with van der Waals surface area (Å²) in [6.45, 7) is 0.609. The molecule has 1 aliphatic carbocycles. The van der Waals surface area contributed by atoms with Crippen LogP contribution in [-0.2, 0) is 4.79 Å². The number of halogens is 1. The number of carbonyl (C=O) groups is 1. The fraction of sp³-hybridized carbons (Fsp3) is 0.385. The molecular formula is C13H16BrN3OS. The SMILES string of the molecule is NC(=S)c1ccc(NCCC(=O)NC2CC2)cc1Br. The molecule has 1 amide bonds. The summed E-state index contributed by atoms with van der Waals surface area (Å²) < 4.78 is 0.854. The molecule has 0 radical (unpaired) electrons. The number of nitrogens with two attached hydrogens (primary N) is 1. The Balaban J connectivity index is 1.80. The van der Waals surface area contributed by atoms with Gasteiger partial charge in [-0.15, -0.1) is 0 Å². The van der Waals surface area contributed by atoms with Crippen LogP contribution in [-0.4, -0.2) is 23.5 Å². The van der Waals surface area contributed by atoms with Crippen molar-refractivity contribution in [1.29, 1.82) is 0 Å². The number of hydrogen-bond acceptors (Lipinski definition) is 3. The van der Waals surface area contributed by atoms with Gasteiger partial charge in [0.15, 0.2) is 0 Å². The number of thiocarbonyl (C=S) groups is 1. The molecule has 0 saturated heterocycles. The van der Waals surface area contributed by atoms with E-state index < -0.39 is 0 Å². The number of rotatable bonds is 6. The van der Waals surface area contributed by atoms with E-state index in [1.54, 1.807) is 0 Å². The molecule has 6 heteroatoms. The van der Waals surface area contributed by atoms with Crippen LogP contribution in [0.15, 0.2) is 22.7 Å². The second kappa shape index (κ2) is 6.34. The van der Waals surface area contributed by atoms with Gasteiger partial charge in [0.05, 0.1) is 0 Å². The number of anilines is 1. The van der Waals surface area contributed by atoms with E-state index in [1.165, 1.54) is 0 Å². The molecule has 0 spiro atoms. The van der Waals surface area contributed by atoms with E-state index in [2.05, 4.69) is 26.6 Å². The van der Waals surface area contributed by atoms with Crippen LogP contribution in [0.4, 0.5) is 5.69 Å². The molecule has 1 saturated carbocycles. The van der Waals surface area contributed by atoms with Crippen molar-refractivity contribution in [2.75, 3.05) is 11.9 Å². The Labute approximate surface area is 126 Å². The van der Waals surface area contributed by atoms with Crippen LogP contribution in [0, 0.1) is 0 Å². The average molecular weight is 342 g/mol. The molecule has 4 N–H and O–H groups in total. The third-order valence-electron chi connectivity index (χ3n) is 2.86. The largest absolute Gasteiger partial charge is 0.389 e. The summed E-state index contributed by atoms with van der Waals surface area (Å²) in [6, 6.07) is 6.09. The maximum absolute atomic E-state index is 11.5. The summed E-state index contributed by atoms with van der Waals surface area (Å²) in [5.74, 6) is 0.105.